The zero-order valence-electron chi connectivity index (χ0n) is 10.3. The second-order valence-corrected chi connectivity index (χ2v) is 5.74. The van der Waals surface area contributed by atoms with Crippen LogP contribution in [0.15, 0.2) is 24.3 Å². The molecule has 0 amide bonds. The predicted molar refractivity (Wildman–Crippen MR) is 79.1 cm³/mol. The van der Waals surface area contributed by atoms with E-state index in [2.05, 4.69) is 59.1 Å². The average Bonchev–Trinajstić information content (AvgIpc) is 2.85. The Morgan fingerprint density at radius 3 is 2.94 bits per heavy atom. The lowest BCUT2D eigenvalue weighted by molar-refractivity contribution is 0.176. The van der Waals surface area contributed by atoms with E-state index in [0.29, 0.717) is 12.0 Å². The summed E-state index contributed by atoms with van der Waals surface area (Å²) in [5.41, 5.74) is 1.43. The smallest absolute Gasteiger partial charge is 0.0513 e. The van der Waals surface area contributed by atoms with Crippen LogP contribution >= 0.6 is 22.6 Å². The van der Waals surface area contributed by atoms with Gasteiger partial charge < -0.3 is 10.1 Å². The van der Waals surface area contributed by atoms with Gasteiger partial charge in [0, 0.05) is 22.1 Å². The molecule has 2 unspecified atom stereocenters. The van der Waals surface area contributed by atoms with Gasteiger partial charge in [-0.25, -0.2) is 0 Å². The van der Waals surface area contributed by atoms with E-state index in [1.807, 2.05) is 0 Å². The topological polar surface area (TPSA) is 21.3 Å². The number of rotatable bonds is 5. The number of nitrogens with one attached hydrogen (secondary N) is 1. The van der Waals surface area contributed by atoms with Crippen LogP contribution in [-0.2, 0) is 4.74 Å². The van der Waals surface area contributed by atoms with Crippen molar-refractivity contribution in [2.45, 2.75) is 25.8 Å². The van der Waals surface area contributed by atoms with E-state index in [9.17, 15) is 0 Å². The van der Waals surface area contributed by atoms with Gasteiger partial charge in [-0.2, -0.15) is 0 Å². The van der Waals surface area contributed by atoms with Crippen LogP contribution in [0, 0.1) is 9.49 Å². The highest BCUT2D eigenvalue weighted by Crippen LogP contribution is 2.31. The van der Waals surface area contributed by atoms with Crippen LogP contribution in [-0.4, -0.2) is 19.8 Å². The fourth-order valence-corrected chi connectivity index (χ4v) is 3.10. The van der Waals surface area contributed by atoms with Crippen LogP contribution in [0.1, 0.15) is 31.4 Å². The molecule has 17 heavy (non-hydrogen) atoms. The van der Waals surface area contributed by atoms with Gasteiger partial charge in [0.2, 0.25) is 0 Å². The molecule has 1 N–H and O–H groups in total. The number of ether oxygens (including phenoxy) is 1. The highest BCUT2D eigenvalue weighted by atomic mass is 127. The highest BCUT2D eigenvalue weighted by Gasteiger charge is 2.27. The molecule has 0 spiro atoms. The summed E-state index contributed by atoms with van der Waals surface area (Å²) in [6.07, 6.45) is 2.35. The van der Waals surface area contributed by atoms with Crippen LogP contribution in [0.3, 0.4) is 0 Å². The fourth-order valence-electron chi connectivity index (χ4n) is 2.37. The lowest BCUT2D eigenvalue weighted by Gasteiger charge is -2.25. The van der Waals surface area contributed by atoms with E-state index in [1.54, 1.807) is 0 Å². The Bertz CT molecular complexity index is 350. The molecule has 1 fully saturated rings. The van der Waals surface area contributed by atoms with E-state index in [0.717, 1.165) is 19.8 Å². The first-order chi connectivity index (χ1) is 8.33. The van der Waals surface area contributed by atoms with Crippen molar-refractivity contribution in [1.82, 2.24) is 5.32 Å². The third-order valence-corrected chi connectivity index (χ3v) is 4.27. The van der Waals surface area contributed by atoms with Crippen LogP contribution in [0.25, 0.3) is 0 Å². The zero-order chi connectivity index (χ0) is 12.1. The summed E-state index contributed by atoms with van der Waals surface area (Å²) in [5.74, 6) is 0.623. The molecule has 0 aliphatic carbocycles. The molecule has 1 aliphatic rings. The molecule has 0 radical (unpaired) electrons. The van der Waals surface area contributed by atoms with E-state index in [4.69, 9.17) is 4.74 Å². The summed E-state index contributed by atoms with van der Waals surface area (Å²) < 4.78 is 6.89. The Labute approximate surface area is 117 Å². The van der Waals surface area contributed by atoms with Crippen molar-refractivity contribution in [2.75, 3.05) is 19.8 Å². The Hall–Kier alpha value is -0.130. The Morgan fingerprint density at radius 2 is 2.29 bits per heavy atom. The zero-order valence-corrected chi connectivity index (χ0v) is 12.4. The van der Waals surface area contributed by atoms with Crippen LogP contribution in [0.4, 0.5) is 0 Å². The van der Waals surface area contributed by atoms with Gasteiger partial charge in [-0.15, -0.1) is 0 Å². The molecular weight excluding hydrogens is 325 g/mol. The molecule has 1 saturated heterocycles. The molecule has 0 aromatic heterocycles. The Balaban J connectivity index is 2.16. The summed E-state index contributed by atoms with van der Waals surface area (Å²) in [5, 5.41) is 3.68. The van der Waals surface area contributed by atoms with Crippen molar-refractivity contribution in [1.29, 1.82) is 0 Å². The number of halogens is 1. The quantitative estimate of drug-likeness (QED) is 0.827. The van der Waals surface area contributed by atoms with Gasteiger partial charge >= 0.3 is 0 Å². The largest absolute Gasteiger partial charge is 0.381 e. The maximum atomic E-state index is 5.54. The SMILES string of the molecule is CCCNC(c1ccccc1I)C1CCOC1. The van der Waals surface area contributed by atoms with Crippen molar-refractivity contribution in [2.24, 2.45) is 5.92 Å². The first kappa shape index (κ1) is 13.3. The van der Waals surface area contributed by atoms with Gasteiger partial charge in [0.15, 0.2) is 0 Å². The second-order valence-electron chi connectivity index (χ2n) is 4.58. The van der Waals surface area contributed by atoms with E-state index in [1.165, 1.54) is 22.0 Å². The molecule has 1 aromatic rings. The monoisotopic (exact) mass is 345 g/mol. The van der Waals surface area contributed by atoms with Crippen LogP contribution < -0.4 is 5.32 Å². The van der Waals surface area contributed by atoms with Gasteiger partial charge in [-0.3, -0.25) is 0 Å². The normalized spacial score (nSPS) is 21.6. The molecule has 1 aromatic carbocycles. The summed E-state index contributed by atoms with van der Waals surface area (Å²) in [4.78, 5) is 0. The average molecular weight is 345 g/mol. The number of hydrogen-bond donors (Lipinski definition) is 1. The minimum atomic E-state index is 0.450. The lowest BCUT2D eigenvalue weighted by Crippen LogP contribution is -2.30. The van der Waals surface area contributed by atoms with Gasteiger partial charge in [-0.1, -0.05) is 25.1 Å². The van der Waals surface area contributed by atoms with Gasteiger partial charge in [0.1, 0.15) is 0 Å². The van der Waals surface area contributed by atoms with Gasteiger partial charge in [0.25, 0.3) is 0 Å². The molecule has 94 valence electrons. The van der Waals surface area contributed by atoms with Crippen molar-refractivity contribution < 1.29 is 4.74 Å². The third-order valence-electron chi connectivity index (χ3n) is 3.29. The highest BCUT2D eigenvalue weighted by molar-refractivity contribution is 14.1. The minimum absolute atomic E-state index is 0.450. The Morgan fingerprint density at radius 1 is 1.47 bits per heavy atom. The van der Waals surface area contributed by atoms with E-state index in [-0.39, 0.29) is 0 Å². The van der Waals surface area contributed by atoms with Crippen molar-refractivity contribution in [3.05, 3.63) is 33.4 Å². The second kappa shape index (κ2) is 6.71. The molecule has 1 heterocycles. The first-order valence-electron chi connectivity index (χ1n) is 6.38. The van der Waals surface area contributed by atoms with Crippen molar-refractivity contribution in [3.63, 3.8) is 0 Å². The molecule has 2 atom stereocenters. The molecule has 1 aliphatic heterocycles. The lowest BCUT2D eigenvalue weighted by atomic mass is 9.92. The summed E-state index contributed by atoms with van der Waals surface area (Å²) in [7, 11) is 0. The fraction of sp³-hybridized carbons (Fsp3) is 0.571. The molecule has 0 bridgehead atoms. The summed E-state index contributed by atoms with van der Waals surface area (Å²) in [6, 6.07) is 9.12. The number of hydrogen-bond acceptors (Lipinski definition) is 2. The minimum Gasteiger partial charge on any atom is -0.381 e. The summed E-state index contributed by atoms with van der Waals surface area (Å²) >= 11 is 2.43. The summed E-state index contributed by atoms with van der Waals surface area (Å²) in [6.45, 7) is 5.10. The van der Waals surface area contributed by atoms with Crippen LogP contribution in [0.5, 0.6) is 0 Å². The maximum absolute atomic E-state index is 5.54. The molecule has 2 rings (SSSR count). The first-order valence-corrected chi connectivity index (χ1v) is 7.46. The van der Waals surface area contributed by atoms with Crippen LogP contribution in [0.2, 0.25) is 0 Å². The molecule has 0 saturated carbocycles. The van der Waals surface area contributed by atoms with Crippen molar-refractivity contribution in [3.8, 4) is 0 Å². The predicted octanol–water partition coefficient (Wildman–Crippen LogP) is 3.37. The van der Waals surface area contributed by atoms with Crippen molar-refractivity contribution >= 4 is 22.6 Å². The number of benzene rings is 1. The molecule has 3 heteroatoms. The standard InChI is InChI=1S/C14H20INO/c1-2-8-16-14(11-7-9-17-10-11)12-5-3-4-6-13(12)15/h3-6,11,14,16H,2,7-10H2,1H3. The van der Waals surface area contributed by atoms with Gasteiger partial charge in [0.05, 0.1) is 6.61 Å². The molecule has 2 nitrogen and oxygen atoms in total. The molecular formula is C14H20INO. The van der Waals surface area contributed by atoms with E-state index < -0.39 is 0 Å². The maximum Gasteiger partial charge on any atom is 0.0513 e. The van der Waals surface area contributed by atoms with E-state index >= 15 is 0 Å². The third kappa shape index (κ3) is 3.42. The van der Waals surface area contributed by atoms with Gasteiger partial charge in [-0.05, 0) is 53.6 Å². The Kier molecular flexibility index (Phi) is 5.25.